The van der Waals surface area contributed by atoms with Crippen LogP contribution in [-0.2, 0) is 4.79 Å². The topological polar surface area (TPSA) is 103 Å². The van der Waals surface area contributed by atoms with Crippen LogP contribution < -0.4 is 11.2 Å². The van der Waals surface area contributed by atoms with Crippen molar-refractivity contribution >= 4 is 29.1 Å². The van der Waals surface area contributed by atoms with E-state index in [1.807, 2.05) is 31.2 Å². The summed E-state index contributed by atoms with van der Waals surface area (Å²) in [5.41, 5.74) is 2.88. The predicted octanol–water partition coefficient (Wildman–Crippen LogP) is 3.29. The van der Waals surface area contributed by atoms with Gasteiger partial charge in [0.15, 0.2) is 11.6 Å². The first-order valence-corrected chi connectivity index (χ1v) is 9.60. The minimum absolute atomic E-state index is 0.110. The SMILES string of the molecule is CC(=O)c1ccccc1NC(=O)[C@@H](C)Sc1nnc(-c2ccccc2C)n1N. The summed E-state index contributed by atoms with van der Waals surface area (Å²) < 4.78 is 1.39. The number of carbonyl (C=O) groups excluding carboxylic acids is 2. The highest BCUT2D eigenvalue weighted by molar-refractivity contribution is 8.00. The number of thioether (sulfide) groups is 1. The lowest BCUT2D eigenvalue weighted by Crippen LogP contribution is -2.24. The summed E-state index contributed by atoms with van der Waals surface area (Å²) in [6, 6.07) is 14.7. The number of hydrogen-bond acceptors (Lipinski definition) is 6. The normalized spacial score (nSPS) is 11.8. The number of ketones is 1. The van der Waals surface area contributed by atoms with Gasteiger partial charge < -0.3 is 11.2 Å². The molecule has 0 aliphatic heterocycles. The Balaban J connectivity index is 1.75. The third-order valence-corrected chi connectivity index (χ3v) is 5.32. The number of nitrogens with zero attached hydrogens (tertiary/aromatic N) is 3. The standard InChI is InChI=1S/C20H21N5O2S/c1-12-8-4-5-9-15(12)18-23-24-20(25(18)21)28-14(3)19(27)22-17-11-7-6-10-16(17)13(2)26/h4-11,14H,21H2,1-3H3,(H,22,27)/t14-/m1/s1. The number of nitrogen functional groups attached to an aromatic ring is 1. The van der Waals surface area contributed by atoms with E-state index in [2.05, 4.69) is 15.5 Å². The molecule has 0 saturated heterocycles. The Bertz CT molecular complexity index is 1030. The average molecular weight is 395 g/mol. The molecule has 0 bridgehead atoms. The Hall–Kier alpha value is -3.13. The average Bonchev–Trinajstić information content (AvgIpc) is 3.02. The Morgan fingerprint density at radius 3 is 2.50 bits per heavy atom. The van der Waals surface area contributed by atoms with E-state index in [0.29, 0.717) is 22.2 Å². The van der Waals surface area contributed by atoms with Crippen LogP contribution in [0.4, 0.5) is 5.69 Å². The van der Waals surface area contributed by atoms with Crippen molar-refractivity contribution in [2.24, 2.45) is 0 Å². The number of rotatable bonds is 6. The Labute approximate surface area is 167 Å². The lowest BCUT2D eigenvalue weighted by Gasteiger charge is -2.13. The Morgan fingerprint density at radius 2 is 1.79 bits per heavy atom. The van der Waals surface area contributed by atoms with E-state index in [1.54, 1.807) is 31.2 Å². The third kappa shape index (κ3) is 4.07. The lowest BCUT2D eigenvalue weighted by atomic mass is 10.1. The van der Waals surface area contributed by atoms with E-state index >= 15 is 0 Å². The quantitative estimate of drug-likeness (QED) is 0.377. The molecule has 3 N–H and O–H groups in total. The van der Waals surface area contributed by atoms with Crippen molar-refractivity contribution in [1.82, 2.24) is 14.9 Å². The van der Waals surface area contributed by atoms with Crippen LogP contribution in [0.1, 0.15) is 29.8 Å². The number of para-hydroxylation sites is 1. The fourth-order valence-corrected chi connectivity index (χ4v) is 3.48. The highest BCUT2D eigenvalue weighted by Gasteiger charge is 2.21. The van der Waals surface area contributed by atoms with Gasteiger partial charge in [-0.25, -0.2) is 4.68 Å². The van der Waals surface area contributed by atoms with Gasteiger partial charge in [-0.3, -0.25) is 9.59 Å². The highest BCUT2D eigenvalue weighted by atomic mass is 32.2. The first-order chi connectivity index (χ1) is 13.4. The zero-order valence-electron chi connectivity index (χ0n) is 15.8. The van der Waals surface area contributed by atoms with Gasteiger partial charge in [0.1, 0.15) is 0 Å². The molecule has 3 rings (SSSR count). The monoisotopic (exact) mass is 395 g/mol. The van der Waals surface area contributed by atoms with Crippen LogP contribution in [-0.4, -0.2) is 31.8 Å². The van der Waals surface area contributed by atoms with Gasteiger partial charge in [-0.15, -0.1) is 10.2 Å². The maximum absolute atomic E-state index is 12.6. The van der Waals surface area contributed by atoms with Crippen LogP contribution in [0, 0.1) is 6.92 Å². The van der Waals surface area contributed by atoms with Crippen molar-refractivity contribution in [1.29, 1.82) is 0 Å². The van der Waals surface area contributed by atoms with Gasteiger partial charge in [-0.05, 0) is 38.5 Å². The van der Waals surface area contributed by atoms with E-state index in [-0.39, 0.29) is 11.7 Å². The van der Waals surface area contributed by atoms with Crippen LogP contribution in [0.15, 0.2) is 53.7 Å². The van der Waals surface area contributed by atoms with Gasteiger partial charge in [0, 0.05) is 11.1 Å². The molecule has 1 heterocycles. The van der Waals surface area contributed by atoms with Crippen LogP contribution in [0.5, 0.6) is 0 Å². The molecular weight excluding hydrogens is 374 g/mol. The van der Waals surface area contributed by atoms with Crippen LogP contribution in [0.25, 0.3) is 11.4 Å². The van der Waals surface area contributed by atoms with Gasteiger partial charge >= 0.3 is 0 Å². The molecular formula is C20H21N5O2S. The van der Waals surface area contributed by atoms with Gasteiger partial charge in [0.05, 0.1) is 10.9 Å². The number of amides is 1. The second kappa shape index (κ2) is 8.26. The molecule has 7 nitrogen and oxygen atoms in total. The maximum atomic E-state index is 12.6. The molecule has 1 amide bonds. The summed E-state index contributed by atoms with van der Waals surface area (Å²) in [6.07, 6.45) is 0. The lowest BCUT2D eigenvalue weighted by molar-refractivity contribution is -0.115. The molecule has 1 atom stereocenters. The molecule has 0 aliphatic carbocycles. The van der Waals surface area contributed by atoms with E-state index in [4.69, 9.17) is 5.84 Å². The predicted molar refractivity (Wildman–Crippen MR) is 111 cm³/mol. The number of aryl methyl sites for hydroxylation is 1. The highest BCUT2D eigenvalue weighted by Crippen LogP contribution is 2.27. The largest absolute Gasteiger partial charge is 0.335 e. The molecule has 28 heavy (non-hydrogen) atoms. The van der Waals surface area contributed by atoms with Crippen molar-refractivity contribution in [2.45, 2.75) is 31.2 Å². The molecule has 0 unspecified atom stereocenters. The zero-order chi connectivity index (χ0) is 20.3. The molecule has 3 aromatic rings. The number of nitrogens with two attached hydrogens (primary N) is 1. The number of nitrogens with one attached hydrogen (secondary N) is 1. The van der Waals surface area contributed by atoms with E-state index in [0.717, 1.165) is 11.1 Å². The van der Waals surface area contributed by atoms with Crippen molar-refractivity contribution in [3.05, 3.63) is 59.7 Å². The fourth-order valence-electron chi connectivity index (χ4n) is 2.71. The second-order valence-corrected chi connectivity index (χ2v) is 7.65. The zero-order valence-corrected chi connectivity index (χ0v) is 16.7. The molecule has 0 spiro atoms. The summed E-state index contributed by atoms with van der Waals surface area (Å²) in [5, 5.41) is 11.0. The summed E-state index contributed by atoms with van der Waals surface area (Å²) in [5.74, 6) is 6.34. The van der Waals surface area contributed by atoms with Crippen molar-refractivity contribution in [3.63, 3.8) is 0 Å². The van der Waals surface area contributed by atoms with Crippen LogP contribution >= 0.6 is 11.8 Å². The van der Waals surface area contributed by atoms with Crippen molar-refractivity contribution in [2.75, 3.05) is 11.2 Å². The summed E-state index contributed by atoms with van der Waals surface area (Å²) in [7, 11) is 0. The maximum Gasteiger partial charge on any atom is 0.237 e. The number of Topliss-reactive ketones (excluding diaryl/α,β-unsaturated/α-hetero) is 1. The van der Waals surface area contributed by atoms with Gasteiger partial charge in [0.2, 0.25) is 11.1 Å². The second-order valence-electron chi connectivity index (χ2n) is 6.34. The molecule has 8 heteroatoms. The van der Waals surface area contributed by atoms with Gasteiger partial charge in [-0.1, -0.05) is 48.2 Å². The molecule has 144 valence electrons. The van der Waals surface area contributed by atoms with Gasteiger partial charge in [-0.2, -0.15) is 0 Å². The number of hydrogen-bond donors (Lipinski definition) is 2. The number of anilines is 1. The Kier molecular flexibility index (Phi) is 5.79. The van der Waals surface area contributed by atoms with Crippen molar-refractivity contribution < 1.29 is 9.59 Å². The van der Waals surface area contributed by atoms with Crippen LogP contribution in [0.3, 0.4) is 0 Å². The number of benzene rings is 2. The number of carbonyl (C=O) groups is 2. The molecule has 0 radical (unpaired) electrons. The molecule has 0 aliphatic rings. The summed E-state index contributed by atoms with van der Waals surface area (Å²) in [4.78, 5) is 24.3. The van der Waals surface area contributed by atoms with E-state index < -0.39 is 5.25 Å². The molecule has 1 aromatic heterocycles. The van der Waals surface area contributed by atoms with Crippen LogP contribution in [0.2, 0.25) is 0 Å². The van der Waals surface area contributed by atoms with Crippen molar-refractivity contribution in [3.8, 4) is 11.4 Å². The van der Waals surface area contributed by atoms with Gasteiger partial charge in [0.25, 0.3) is 0 Å². The summed E-state index contributed by atoms with van der Waals surface area (Å²) in [6.45, 7) is 5.19. The molecule has 0 fully saturated rings. The number of aromatic nitrogens is 3. The van der Waals surface area contributed by atoms with E-state index in [1.165, 1.54) is 23.4 Å². The minimum atomic E-state index is -0.490. The van der Waals surface area contributed by atoms with E-state index in [9.17, 15) is 9.59 Å². The third-order valence-electron chi connectivity index (χ3n) is 4.27. The first kappa shape index (κ1) is 19.6. The minimum Gasteiger partial charge on any atom is -0.335 e. The molecule has 2 aromatic carbocycles. The smallest absolute Gasteiger partial charge is 0.237 e. The Morgan fingerprint density at radius 1 is 1.11 bits per heavy atom. The molecule has 0 saturated carbocycles. The summed E-state index contributed by atoms with van der Waals surface area (Å²) >= 11 is 1.20. The fraction of sp³-hybridized carbons (Fsp3) is 0.200. The first-order valence-electron chi connectivity index (χ1n) is 8.72.